The molecule has 10 nitrogen and oxygen atoms in total. The van der Waals surface area contributed by atoms with Gasteiger partial charge in [0, 0.05) is 5.39 Å². The second-order valence-electron chi connectivity index (χ2n) is 12.8. The standard InChI is InChI=1S/C37H39N4O6P/c1-37(2,3)29-18-19-30-28(21-29)17-20-33(30)40-35(42)39-32-15-10-16-34-31(32)22-38-41(34)36(43)45-25-48(44,46-23-26-11-6-4-7-12-26)47-24-27-13-8-5-9-14-27/h4-16,18-19,21-22,33H,17,20,23-25H2,1-3H3,(H2,39,40,42)/t33-/m1/s1. The molecule has 0 spiro atoms. The van der Waals surface area contributed by atoms with Crippen LogP contribution < -0.4 is 10.6 Å². The minimum absolute atomic E-state index is 0.0106. The number of carbonyl (C=O) groups excluding carboxylic acids is 2. The summed E-state index contributed by atoms with van der Waals surface area (Å²) in [6.07, 6.45) is 1.71. The zero-order valence-electron chi connectivity index (χ0n) is 27.2. The number of hydrogen-bond acceptors (Lipinski definition) is 7. The molecular formula is C37H39N4O6P. The van der Waals surface area contributed by atoms with Gasteiger partial charge < -0.3 is 24.4 Å². The largest absolute Gasteiger partial charge is 0.435 e. The average Bonchev–Trinajstić information content (AvgIpc) is 3.71. The normalized spacial score (nSPS) is 14.4. The van der Waals surface area contributed by atoms with E-state index in [-0.39, 0.29) is 30.7 Å². The maximum absolute atomic E-state index is 13.7. The van der Waals surface area contributed by atoms with Gasteiger partial charge in [0.05, 0.1) is 36.7 Å². The Kier molecular flexibility index (Phi) is 9.78. The van der Waals surface area contributed by atoms with Crippen LogP contribution in [0.4, 0.5) is 15.3 Å². The van der Waals surface area contributed by atoms with Crippen LogP contribution in [0.2, 0.25) is 0 Å². The molecule has 0 radical (unpaired) electrons. The van der Waals surface area contributed by atoms with Crippen LogP contribution in [0, 0.1) is 0 Å². The van der Waals surface area contributed by atoms with Gasteiger partial charge in [-0.15, -0.1) is 0 Å². The molecule has 0 bridgehead atoms. The van der Waals surface area contributed by atoms with Crippen LogP contribution in [-0.2, 0) is 43.4 Å². The lowest BCUT2D eigenvalue weighted by Gasteiger charge is -2.21. The highest BCUT2D eigenvalue weighted by Gasteiger charge is 2.29. The number of nitrogens with one attached hydrogen (secondary N) is 2. The first kappa shape index (κ1) is 33.2. The molecule has 1 aliphatic rings. The van der Waals surface area contributed by atoms with Gasteiger partial charge in [0.25, 0.3) is 0 Å². The highest BCUT2D eigenvalue weighted by Crippen LogP contribution is 2.50. The first-order valence-electron chi connectivity index (χ1n) is 15.9. The van der Waals surface area contributed by atoms with Crippen molar-refractivity contribution in [3.05, 3.63) is 131 Å². The Morgan fingerprint density at radius 2 is 1.56 bits per heavy atom. The minimum atomic E-state index is -3.89. The van der Waals surface area contributed by atoms with Crippen molar-refractivity contribution in [3.8, 4) is 0 Å². The Hall–Kier alpha value is -4.76. The molecular weight excluding hydrogens is 627 g/mol. The molecule has 1 aliphatic carbocycles. The molecule has 1 heterocycles. The highest BCUT2D eigenvalue weighted by atomic mass is 31.2. The molecule has 11 heteroatoms. The molecule has 1 aromatic heterocycles. The highest BCUT2D eigenvalue weighted by molar-refractivity contribution is 7.53. The van der Waals surface area contributed by atoms with Crippen LogP contribution in [0.25, 0.3) is 10.9 Å². The van der Waals surface area contributed by atoms with Crippen LogP contribution in [0.5, 0.6) is 0 Å². The van der Waals surface area contributed by atoms with Crippen molar-refractivity contribution in [1.29, 1.82) is 0 Å². The van der Waals surface area contributed by atoms with E-state index in [0.717, 1.165) is 34.2 Å². The molecule has 6 rings (SSSR count). The van der Waals surface area contributed by atoms with Crippen molar-refractivity contribution in [2.45, 2.75) is 58.3 Å². The number of aryl methyl sites for hydroxylation is 1. The van der Waals surface area contributed by atoms with Crippen molar-refractivity contribution >= 4 is 36.3 Å². The van der Waals surface area contributed by atoms with E-state index in [1.165, 1.54) is 17.3 Å². The number of ether oxygens (including phenoxy) is 1. The summed E-state index contributed by atoms with van der Waals surface area (Å²) >= 11 is 0. The Morgan fingerprint density at radius 3 is 2.21 bits per heavy atom. The SMILES string of the molecule is CC(C)(C)c1ccc2c(c1)CC[C@H]2NC(=O)Nc1cccc2c1cnn2C(=O)OCP(=O)(OCc1ccccc1)OCc1ccccc1. The lowest BCUT2D eigenvalue weighted by molar-refractivity contribution is 0.133. The molecule has 0 saturated carbocycles. The van der Waals surface area contributed by atoms with Gasteiger partial charge >= 0.3 is 19.7 Å². The molecule has 0 fully saturated rings. The first-order valence-corrected chi connectivity index (χ1v) is 17.6. The molecule has 5 aromatic rings. The second-order valence-corrected chi connectivity index (χ2v) is 14.8. The summed E-state index contributed by atoms with van der Waals surface area (Å²) in [6.45, 7) is 6.60. The molecule has 248 valence electrons. The van der Waals surface area contributed by atoms with Crippen LogP contribution in [0.1, 0.15) is 61.1 Å². The minimum Gasteiger partial charge on any atom is -0.435 e. The summed E-state index contributed by atoms with van der Waals surface area (Å²) in [5.74, 6) is 0. The van der Waals surface area contributed by atoms with E-state index < -0.39 is 20.0 Å². The van der Waals surface area contributed by atoms with Crippen molar-refractivity contribution in [2.24, 2.45) is 0 Å². The molecule has 2 amide bonds. The predicted octanol–water partition coefficient (Wildman–Crippen LogP) is 8.71. The van der Waals surface area contributed by atoms with Crippen LogP contribution in [0.3, 0.4) is 0 Å². The van der Waals surface area contributed by atoms with Gasteiger partial charge in [0.1, 0.15) is 0 Å². The summed E-state index contributed by atoms with van der Waals surface area (Å²) in [4.78, 5) is 26.4. The maximum Gasteiger partial charge on any atom is 0.435 e. The van der Waals surface area contributed by atoms with Gasteiger partial charge in [-0.25, -0.2) is 9.59 Å². The summed E-state index contributed by atoms with van der Waals surface area (Å²) in [5.41, 5.74) is 6.19. The van der Waals surface area contributed by atoms with E-state index in [9.17, 15) is 14.2 Å². The molecule has 0 saturated heterocycles. The fourth-order valence-electron chi connectivity index (χ4n) is 5.66. The van der Waals surface area contributed by atoms with E-state index in [0.29, 0.717) is 16.6 Å². The van der Waals surface area contributed by atoms with Gasteiger partial charge in [-0.1, -0.05) is 106 Å². The van der Waals surface area contributed by atoms with Gasteiger partial charge in [-0.2, -0.15) is 9.78 Å². The fraction of sp³-hybridized carbons (Fsp3) is 0.270. The number of fused-ring (bicyclic) bond motifs is 2. The van der Waals surface area contributed by atoms with Gasteiger partial charge in [-0.05, 0) is 58.2 Å². The Balaban J connectivity index is 1.11. The number of carbonyl (C=O) groups is 2. The Bertz CT molecular complexity index is 1910. The number of anilines is 1. The molecule has 1 atom stereocenters. The predicted molar refractivity (Wildman–Crippen MR) is 185 cm³/mol. The number of urea groups is 1. The van der Waals surface area contributed by atoms with Crippen LogP contribution in [0.15, 0.2) is 103 Å². The Morgan fingerprint density at radius 1 is 0.896 bits per heavy atom. The monoisotopic (exact) mass is 666 g/mol. The second kappa shape index (κ2) is 14.2. The summed E-state index contributed by atoms with van der Waals surface area (Å²) < 4.78 is 31.7. The third-order valence-corrected chi connectivity index (χ3v) is 9.80. The molecule has 4 aromatic carbocycles. The third kappa shape index (κ3) is 7.85. The zero-order chi connectivity index (χ0) is 33.7. The van der Waals surface area contributed by atoms with Crippen molar-refractivity contribution < 1.29 is 27.9 Å². The van der Waals surface area contributed by atoms with E-state index in [1.54, 1.807) is 18.2 Å². The van der Waals surface area contributed by atoms with Crippen molar-refractivity contribution in [1.82, 2.24) is 15.1 Å². The number of benzene rings is 4. The maximum atomic E-state index is 13.7. The van der Waals surface area contributed by atoms with E-state index >= 15 is 0 Å². The van der Waals surface area contributed by atoms with E-state index in [4.69, 9.17) is 13.8 Å². The smallest absolute Gasteiger partial charge is 0.435 e. The number of rotatable bonds is 10. The van der Waals surface area contributed by atoms with Crippen LogP contribution in [-0.4, -0.2) is 28.3 Å². The number of aromatic nitrogens is 2. The van der Waals surface area contributed by atoms with Gasteiger partial charge in [0.2, 0.25) is 0 Å². The van der Waals surface area contributed by atoms with Gasteiger partial charge in [-0.3, -0.25) is 4.57 Å². The summed E-state index contributed by atoms with van der Waals surface area (Å²) in [6, 6.07) is 29.6. The lowest BCUT2D eigenvalue weighted by atomic mass is 9.85. The number of amides is 2. The molecule has 0 unspecified atom stereocenters. The molecule has 0 aliphatic heterocycles. The lowest BCUT2D eigenvalue weighted by Crippen LogP contribution is -2.31. The Labute approximate surface area is 279 Å². The van der Waals surface area contributed by atoms with E-state index in [1.807, 2.05) is 60.7 Å². The molecule has 48 heavy (non-hydrogen) atoms. The van der Waals surface area contributed by atoms with Crippen molar-refractivity contribution in [3.63, 3.8) is 0 Å². The van der Waals surface area contributed by atoms with Gasteiger partial charge in [0.15, 0.2) is 6.35 Å². The van der Waals surface area contributed by atoms with E-state index in [2.05, 4.69) is 54.7 Å². The summed E-state index contributed by atoms with van der Waals surface area (Å²) in [5, 5.41) is 10.8. The van der Waals surface area contributed by atoms with Crippen LogP contribution >= 0.6 is 7.60 Å². The summed E-state index contributed by atoms with van der Waals surface area (Å²) in [7, 11) is -3.89. The average molecular weight is 667 g/mol. The molecule has 2 N–H and O–H groups in total. The number of hydrogen-bond donors (Lipinski definition) is 2. The number of nitrogens with zero attached hydrogens (tertiary/aromatic N) is 2. The van der Waals surface area contributed by atoms with Crippen molar-refractivity contribution in [2.75, 3.05) is 11.7 Å². The topological polar surface area (TPSA) is 121 Å². The fourth-order valence-corrected chi connectivity index (χ4v) is 6.84. The quantitative estimate of drug-likeness (QED) is 0.143. The zero-order valence-corrected chi connectivity index (χ0v) is 28.1. The third-order valence-electron chi connectivity index (χ3n) is 8.31. The first-order chi connectivity index (χ1) is 23.1.